The van der Waals surface area contributed by atoms with Crippen molar-refractivity contribution in [2.24, 2.45) is 0 Å². The summed E-state index contributed by atoms with van der Waals surface area (Å²) in [5.41, 5.74) is 0.374. The monoisotopic (exact) mass is 293 g/mol. The molecule has 4 nitrogen and oxygen atoms in total. The van der Waals surface area contributed by atoms with Crippen molar-refractivity contribution in [1.82, 2.24) is 10.3 Å². The molecular weight excluding hydrogens is 274 g/mol. The van der Waals surface area contributed by atoms with Crippen molar-refractivity contribution in [2.45, 2.75) is 51.2 Å². The van der Waals surface area contributed by atoms with Crippen LogP contribution in [0.2, 0.25) is 5.15 Å². The van der Waals surface area contributed by atoms with Crippen molar-refractivity contribution in [3.05, 3.63) is 22.8 Å². The Morgan fingerprint density at radius 1 is 1.55 bits per heavy atom. The summed E-state index contributed by atoms with van der Waals surface area (Å²) in [5, 5.41) is 12.5. The summed E-state index contributed by atoms with van der Waals surface area (Å²) in [6.07, 6.45) is 5.94. The van der Waals surface area contributed by atoms with Gasteiger partial charge in [-0.1, -0.05) is 24.9 Å². The second-order valence-electron chi connectivity index (χ2n) is 5.12. The number of nitriles is 1. The molecule has 2 rings (SSSR count). The maximum atomic E-state index is 8.81. The van der Waals surface area contributed by atoms with Crippen LogP contribution in [0.15, 0.2) is 12.1 Å². The average molecular weight is 294 g/mol. The normalized spacial score (nSPS) is 16.2. The van der Waals surface area contributed by atoms with Crippen LogP contribution in [-0.2, 0) is 0 Å². The Bertz CT molecular complexity index is 482. The molecule has 108 valence electrons. The van der Waals surface area contributed by atoms with Crippen molar-refractivity contribution < 1.29 is 4.74 Å². The zero-order valence-electron chi connectivity index (χ0n) is 11.7. The average Bonchev–Trinajstić information content (AvgIpc) is 2.40. The molecule has 0 saturated heterocycles. The third kappa shape index (κ3) is 4.09. The molecule has 5 heteroatoms. The minimum absolute atomic E-state index is 0.124. The fourth-order valence-electron chi connectivity index (χ4n) is 2.14. The first-order chi connectivity index (χ1) is 9.72. The molecule has 0 spiro atoms. The highest BCUT2D eigenvalue weighted by atomic mass is 35.5. The Morgan fingerprint density at radius 3 is 2.90 bits per heavy atom. The number of ether oxygens (including phenoxy) is 1. The Balaban J connectivity index is 1.82. The second-order valence-corrected chi connectivity index (χ2v) is 5.48. The predicted octanol–water partition coefficient (Wildman–Crippen LogP) is 3.30. The molecule has 1 aliphatic rings. The number of pyridine rings is 1. The smallest absolute Gasteiger partial charge is 0.214 e. The van der Waals surface area contributed by atoms with Crippen LogP contribution in [0.3, 0.4) is 0 Å². The van der Waals surface area contributed by atoms with Gasteiger partial charge < -0.3 is 10.1 Å². The molecule has 0 radical (unpaired) electrons. The first-order valence-corrected chi connectivity index (χ1v) is 7.57. The minimum Gasteiger partial charge on any atom is -0.474 e. The maximum absolute atomic E-state index is 8.81. The summed E-state index contributed by atoms with van der Waals surface area (Å²) in [4.78, 5) is 4.10. The molecular formula is C15H20ClN3O. The number of halogens is 1. The number of nitrogens with one attached hydrogen (secondary N) is 1. The van der Waals surface area contributed by atoms with E-state index in [1.54, 1.807) is 12.1 Å². The first kappa shape index (κ1) is 15.1. The van der Waals surface area contributed by atoms with Crippen molar-refractivity contribution in [3.63, 3.8) is 0 Å². The molecule has 0 aliphatic heterocycles. The van der Waals surface area contributed by atoms with Crippen molar-refractivity contribution in [1.29, 1.82) is 5.26 Å². The van der Waals surface area contributed by atoms with E-state index in [4.69, 9.17) is 21.6 Å². The van der Waals surface area contributed by atoms with E-state index in [0.717, 1.165) is 19.4 Å². The molecule has 20 heavy (non-hydrogen) atoms. The van der Waals surface area contributed by atoms with Gasteiger partial charge in [0.15, 0.2) is 5.15 Å². The fourth-order valence-corrected chi connectivity index (χ4v) is 2.33. The zero-order valence-corrected chi connectivity index (χ0v) is 12.5. The number of aromatic nitrogens is 1. The predicted molar refractivity (Wildman–Crippen MR) is 78.9 cm³/mol. The molecule has 1 aromatic rings. The summed E-state index contributed by atoms with van der Waals surface area (Å²) in [7, 11) is 0. The van der Waals surface area contributed by atoms with Crippen LogP contribution in [0, 0.1) is 11.3 Å². The molecule has 0 amide bonds. The van der Waals surface area contributed by atoms with Crippen LogP contribution >= 0.6 is 11.6 Å². The van der Waals surface area contributed by atoms with Crippen LogP contribution in [0.1, 0.15) is 44.6 Å². The molecule has 1 fully saturated rings. The van der Waals surface area contributed by atoms with Crippen molar-refractivity contribution >= 4 is 11.6 Å². The van der Waals surface area contributed by atoms with Gasteiger partial charge in [-0.15, -0.1) is 0 Å². The standard InChI is InChI=1S/C15H20ClN3O/c1-2-13(8-9-18-12-4-3-5-12)20-14-7-6-11(10-17)15(16)19-14/h6-7,12-13,18H,2-5,8-9H2,1H3. The van der Waals surface area contributed by atoms with Gasteiger partial charge in [0.1, 0.15) is 12.2 Å². The van der Waals surface area contributed by atoms with Gasteiger partial charge in [0, 0.05) is 12.1 Å². The van der Waals surface area contributed by atoms with Crippen molar-refractivity contribution in [2.75, 3.05) is 6.54 Å². The molecule has 1 heterocycles. The maximum Gasteiger partial charge on any atom is 0.214 e. The van der Waals surface area contributed by atoms with E-state index in [1.165, 1.54) is 19.3 Å². The van der Waals surface area contributed by atoms with E-state index in [0.29, 0.717) is 17.5 Å². The lowest BCUT2D eigenvalue weighted by atomic mass is 9.93. The largest absolute Gasteiger partial charge is 0.474 e. The molecule has 1 aliphatic carbocycles. The molecule has 1 atom stereocenters. The number of hydrogen-bond donors (Lipinski definition) is 1. The highest BCUT2D eigenvalue weighted by Crippen LogP contribution is 2.20. The highest BCUT2D eigenvalue weighted by Gasteiger charge is 2.17. The molecule has 1 N–H and O–H groups in total. The van der Waals surface area contributed by atoms with Crippen LogP contribution in [0.5, 0.6) is 5.88 Å². The zero-order chi connectivity index (χ0) is 14.4. The Kier molecular flexibility index (Phi) is 5.63. The fraction of sp³-hybridized carbons (Fsp3) is 0.600. The Hall–Kier alpha value is -1.31. The topological polar surface area (TPSA) is 57.9 Å². The Labute approximate surface area is 125 Å². The molecule has 0 aromatic carbocycles. The number of rotatable bonds is 7. The summed E-state index contributed by atoms with van der Waals surface area (Å²) in [5.74, 6) is 0.490. The minimum atomic E-state index is 0.124. The van der Waals surface area contributed by atoms with E-state index in [1.807, 2.05) is 6.07 Å². The van der Waals surface area contributed by atoms with E-state index >= 15 is 0 Å². The highest BCUT2D eigenvalue weighted by molar-refractivity contribution is 6.30. The SMILES string of the molecule is CCC(CCNC1CCC1)Oc1ccc(C#N)c(Cl)n1. The van der Waals surface area contributed by atoms with E-state index in [9.17, 15) is 0 Å². The van der Waals surface area contributed by atoms with Gasteiger partial charge in [0.2, 0.25) is 5.88 Å². The molecule has 1 saturated carbocycles. The van der Waals surface area contributed by atoms with E-state index < -0.39 is 0 Å². The number of hydrogen-bond acceptors (Lipinski definition) is 4. The van der Waals surface area contributed by atoms with Gasteiger partial charge in [-0.25, -0.2) is 4.98 Å². The third-order valence-electron chi connectivity index (χ3n) is 3.69. The lowest BCUT2D eigenvalue weighted by Gasteiger charge is -2.27. The molecule has 0 bridgehead atoms. The van der Waals surface area contributed by atoms with Gasteiger partial charge in [-0.2, -0.15) is 5.26 Å². The van der Waals surface area contributed by atoms with Crippen LogP contribution in [0.25, 0.3) is 0 Å². The molecule has 1 aromatic heterocycles. The van der Waals surface area contributed by atoms with E-state index in [-0.39, 0.29) is 11.3 Å². The third-order valence-corrected chi connectivity index (χ3v) is 3.98. The van der Waals surface area contributed by atoms with Crippen molar-refractivity contribution in [3.8, 4) is 11.9 Å². The summed E-state index contributed by atoms with van der Waals surface area (Å²) < 4.78 is 5.83. The summed E-state index contributed by atoms with van der Waals surface area (Å²) in [6.45, 7) is 3.06. The van der Waals surface area contributed by atoms with Gasteiger partial charge >= 0.3 is 0 Å². The van der Waals surface area contributed by atoms with Gasteiger partial charge in [0.25, 0.3) is 0 Å². The molecule has 1 unspecified atom stereocenters. The van der Waals surface area contributed by atoms with Crippen LogP contribution in [-0.4, -0.2) is 23.7 Å². The quantitative estimate of drug-likeness (QED) is 0.784. The van der Waals surface area contributed by atoms with Crippen LogP contribution in [0.4, 0.5) is 0 Å². The van der Waals surface area contributed by atoms with Gasteiger partial charge in [-0.3, -0.25) is 0 Å². The summed E-state index contributed by atoms with van der Waals surface area (Å²) >= 11 is 5.90. The number of nitrogens with zero attached hydrogens (tertiary/aromatic N) is 2. The Morgan fingerprint density at radius 2 is 2.35 bits per heavy atom. The summed E-state index contributed by atoms with van der Waals surface area (Å²) in [6, 6.07) is 6.04. The second kappa shape index (κ2) is 7.47. The lowest BCUT2D eigenvalue weighted by molar-refractivity contribution is 0.174. The van der Waals surface area contributed by atoms with Gasteiger partial charge in [0.05, 0.1) is 5.56 Å². The lowest BCUT2D eigenvalue weighted by Crippen LogP contribution is -2.37. The first-order valence-electron chi connectivity index (χ1n) is 7.19. The van der Waals surface area contributed by atoms with E-state index in [2.05, 4.69) is 17.2 Å². The van der Waals surface area contributed by atoms with Gasteiger partial charge in [-0.05, 0) is 38.3 Å². The van der Waals surface area contributed by atoms with Crippen LogP contribution < -0.4 is 10.1 Å².